The number of anilines is 1. The van der Waals surface area contributed by atoms with Crippen LogP contribution in [0.1, 0.15) is 47.8 Å². The first-order valence-electron chi connectivity index (χ1n) is 10.6. The van der Waals surface area contributed by atoms with E-state index in [0.717, 1.165) is 17.7 Å². The molecule has 1 unspecified atom stereocenters. The Hall–Kier alpha value is -3.26. The quantitative estimate of drug-likeness (QED) is 0.348. The summed E-state index contributed by atoms with van der Waals surface area (Å²) < 4.78 is 0. The van der Waals surface area contributed by atoms with Gasteiger partial charge in [0.1, 0.15) is 0 Å². The zero-order valence-corrected chi connectivity index (χ0v) is 18.6. The van der Waals surface area contributed by atoms with E-state index < -0.39 is 6.10 Å². The highest BCUT2D eigenvalue weighted by molar-refractivity contribution is 7.99. The van der Waals surface area contributed by atoms with E-state index in [2.05, 4.69) is 5.32 Å². The summed E-state index contributed by atoms with van der Waals surface area (Å²) in [5, 5.41) is 21.0. The van der Waals surface area contributed by atoms with Crippen molar-refractivity contribution >= 4 is 34.9 Å². The number of thioether (sulfide) groups is 1. The Labute approximate surface area is 195 Å². The normalized spacial score (nSPS) is 13.3. The van der Waals surface area contributed by atoms with Crippen LogP contribution in [-0.4, -0.2) is 51.9 Å². The lowest BCUT2D eigenvalue weighted by Gasteiger charge is -2.20. The van der Waals surface area contributed by atoms with Crippen LogP contribution in [-0.2, 0) is 6.42 Å². The molecular formula is C26H23NO5S. The number of aryl methyl sites for hydroxylation is 1. The van der Waals surface area contributed by atoms with Gasteiger partial charge in [-0.1, -0.05) is 48.5 Å². The number of hydrogen-bond acceptors (Lipinski definition) is 6. The minimum Gasteiger partial charge on any atom is -0.394 e. The number of ketones is 2. The second kappa shape index (κ2) is 10.1. The number of aliphatic hydroxyl groups is 2. The minimum atomic E-state index is -0.708. The van der Waals surface area contributed by atoms with Gasteiger partial charge in [0.15, 0.2) is 11.6 Å². The third kappa shape index (κ3) is 4.90. The van der Waals surface area contributed by atoms with Crippen LogP contribution >= 0.6 is 11.8 Å². The van der Waals surface area contributed by atoms with Crippen LogP contribution in [0.5, 0.6) is 0 Å². The molecule has 1 atom stereocenters. The number of carbonyl (C=O) groups excluding carboxylic acids is 3. The van der Waals surface area contributed by atoms with E-state index in [9.17, 15) is 19.5 Å². The number of amides is 1. The van der Waals surface area contributed by atoms with Gasteiger partial charge in [-0.25, -0.2) is 0 Å². The third-order valence-electron chi connectivity index (χ3n) is 5.47. The van der Waals surface area contributed by atoms with Crippen molar-refractivity contribution in [3.05, 3.63) is 100 Å². The molecule has 0 heterocycles. The predicted molar refractivity (Wildman–Crippen MR) is 128 cm³/mol. The average Bonchev–Trinajstić information content (AvgIpc) is 2.85. The number of hydrogen-bond donors (Lipinski definition) is 3. The number of rotatable bonds is 8. The van der Waals surface area contributed by atoms with Crippen molar-refractivity contribution in [2.75, 3.05) is 23.4 Å². The van der Waals surface area contributed by atoms with Crippen LogP contribution in [0.25, 0.3) is 0 Å². The molecule has 0 radical (unpaired) electrons. The SMILES string of the molecule is O=C(Nc1cccc2c1C(=O)c1ccccc1C2=O)c1ccc(CCSCC(O)CO)cc1. The summed E-state index contributed by atoms with van der Waals surface area (Å²) in [4.78, 5) is 38.8. The number of aliphatic hydroxyl groups excluding tert-OH is 2. The highest BCUT2D eigenvalue weighted by atomic mass is 32.2. The molecular weight excluding hydrogens is 438 g/mol. The monoisotopic (exact) mass is 461 g/mol. The maximum Gasteiger partial charge on any atom is 0.255 e. The van der Waals surface area contributed by atoms with Crippen molar-refractivity contribution in [1.82, 2.24) is 0 Å². The zero-order valence-electron chi connectivity index (χ0n) is 17.8. The van der Waals surface area contributed by atoms with Crippen molar-refractivity contribution in [2.45, 2.75) is 12.5 Å². The van der Waals surface area contributed by atoms with E-state index in [1.54, 1.807) is 66.4 Å². The van der Waals surface area contributed by atoms with E-state index in [0.29, 0.717) is 28.1 Å². The van der Waals surface area contributed by atoms with Crippen molar-refractivity contribution in [2.24, 2.45) is 0 Å². The molecule has 3 aromatic rings. The molecule has 6 nitrogen and oxygen atoms in total. The number of benzene rings is 3. The molecule has 168 valence electrons. The zero-order chi connectivity index (χ0) is 23.4. The van der Waals surface area contributed by atoms with Gasteiger partial charge in [0.2, 0.25) is 0 Å². The number of carbonyl (C=O) groups is 3. The highest BCUT2D eigenvalue weighted by Gasteiger charge is 2.31. The Bertz CT molecular complexity index is 1210. The van der Waals surface area contributed by atoms with Gasteiger partial charge < -0.3 is 15.5 Å². The molecule has 1 aliphatic carbocycles. The standard InChI is InChI=1S/C26H23NO5S/c28-14-18(29)15-33-13-12-16-8-10-17(11-9-16)26(32)27-22-7-3-6-21-23(22)25(31)20-5-2-1-4-19(20)24(21)30/h1-11,18,28-29H,12-15H2,(H,27,32). The number of fused-ring (bicyclic) bond motifs is 2. The molecule has 7 heteroatoms. The van der Waals surface area contributed by atoms with Crippen LogP contribution < -0.4 is 5.32 Å². The minimum absolute atomic E-state index is 0.216. The summed E-state index contributed by atoms with van der Waals surface area (Å²) in [5.74, 6) is 0.385. The number of nitrogens with one attached hydrogen (secondary N) is 1. The van der Waals surface area contributed by atoms with Gasteiger partial charge in [-0.3, -0.25) is 14.4 Å². The Morgan fingerprint density at radius 3 is 2.24 bits per heavy atom. The lowest BCUT2D eigenvalue weighted by molar-refractivity contribution is 0.0978. The summed E-state index contributed by atoms with van der Waals surface area (Å²) in [7, 11) is 0. The van der Waals surface area contributed by atoms with E-state index >= 15 is 0 Å². The molecule has 0 bridgehead atoms. The molecule has 1 aliphatic rings. The molecule has 0 saturated heterocycles. The van der Waals surface area contributed by atoms with Crippen molar-refractivity contribution < 1.29 is 24.6 Å². The van der Waals surface area contributed by atoms with Gasteiger partial charge in [0.25, 0.3) is 5.91 Å². The fraction of sp³-hybridized carbons (Fsp3) is 0.192. The average molecular weight is 462 g/mol. The van der Waals surface area contributed by atoms with Gasteiger partial charge in [-0.05, 0) is 35.9 Å². The summed E-state index contributed by atoms with van der Waals surface area (Å²) in [6.07, 6.45) is 0.0629. The van der Waals surface area contributed by atoms with E-state index in [1.807, 2.05) is 12.1 Å². The van der Waals surface area contributed by atoms with Crippen LogP contribution in [0, 0.1) is 0 Å². The Morgan fingerprint density at radius 1 is 0.879 bits per heavy atom. The molecule has 1 amide bonds. The molecule has 0 spiro atoms. The molecule has 0 saturated carbocycles. The van der Waals surface area contributed by atoms with E-state index in [4.69, 9.17) is 5.11 Å². The topological polar surface area (TPSA) is 104 Å². The van der Waals surface area contributed by atoms with Crippen LogP contribution in [0.2, 0.25) is 0 Å². The highest BCUT2D eigenvalue weighted by Crippen LogP contribution is 2.32. The molecule has 0 fully saturated rings. The van der Waals surface area contributed by atoms with Gasteiger partial charge in [-0.2, -0.15) is 11.8 Å². The third-order valence-corrected chi connectivity index (χ3v) is 6.59. The van der Waals surface area contributed by atoms with Crippen LogP contribution in [0.15, 0.2) is 66.7 Å². The Morgan fingerprint density at radius 2 is 1.55 bits per heavy atom. The fourth-order valence-electron chi connectivity index (χ4n) is 3.73. The summed E-state index contributed by atoms with van der Waals surface area (Å²) in [5.41, 5.74) is 3.02. The van der Waals surface area contributed by atoms with Crippen molar-refractivity contribution in [3.8, 4) is 0 Å². The molecule has 3 N–H and O–H groups in total. The maximum atomic E-state index is 13.1. The van der Waals surface area contributed by atoms with Crippen molar-refractivity contribution in [3.63, 3.8) is 0 Å². The lowest BCUT2D eigenvalue weighted by Crippen LogP contribution is -2.23. The second-order valence-corrected chi connectivity index (χ2v) is 8.89. The molecule has 3 aromatic carbocycles. The summed E-state index contributed by atoms with van der Waals surface area (Å²) in [6.45, 7) is -0.242. The molecule has 0 aromatic heterocycles. The summed E-state index contributed by atoms with van der Waals surface area (Å²) in [6, 6.07) is 18.7. The second-order valence-electron chi connectivity index (χ2n) is 7.74. The van der Waals surface area contributed by atoms with Crippen LogP contribution in [0.4, 0.5) is 5.69 Å². The predicted octanol–water partition coefficient (Wildman–Crippen LogP) is 3.34. The van der Waals surface area contributed by atoms with E-state index in [-0.39, 0.29) is 35.2 Å². The Kier molecular flexibility index (Phi) is 7.03. The fourth-order valence-corrected chi connectivity index (χ4v) is 4.65. The first-order valence-corrected chi connectivity index (χ1v) is 11.7. The van der Waals surface area contributed by atoms with E-state index in [1.165, 1.54) is 0 Å². The first-order chi connectivity index (χ1) is 16.0. The van der Waals surface area contributed by atoms with Gasteiger partial charge in [0, 0.05) is 28.0 Å². The molecule has 33 heavy (non-hydrogen) atoms. The van der Waals surface area contributed by atoms with Gasteiger partial charge >= 0.3 is 0 Å². The molecule has 0 aliphatic heterocycles. The maximum absolute atomic E-state index is 13.1. The van der Waals surface area contributed by atoms with Crippen LogP contribution in [0.3, 0.4) is 0 Å². The smallest absolute Gasteiger partial charge is 0.255 e. The first kappa shape index (κ1) is 22.9. The lowest BCUT2D eigenvalue weighted by atomic mass is 9.83. The van der Waals surface area contributed by atoms with Gasteiger partial charge in [0.05, 0.1) is 24.0 Å². The van der Waals surface area contributed by atoms with Crippen molar-refractivity contribution in [1.29, 1.82) is 0 Å². The molecule has 4 rings (SSSR count). The summed E-state index contributed by atoms with van der Waals surface area (Å²) >= 11 is 1.55. The van der Waals surface area contributed by atoms with Gasteiger partial charge in [-0.15, -0.1) is 0 Å². The Balaban J connectivity index is 1.47. The largest absolute Gasteiger partial charge is 0.394 e.